The molecule has 0 saturated carbocycles. The number of aliphatic hydroxyl groups excluding tert-OH is 1. The van der Waals surface area contributed by atoms with Crippen LogP contribution < -0.4 is 10.6 Å². The lowest BCUT2D eigenvalue weighted by Gasteiger charge is -2.24. The molecular formula is C12H26N2O2. The van der Waals surface area contributed by atoms with Gasteiger partial charge in [-0.05, 0) is 24.7 Å². The predicted octanol–water partition coefficient (Wildman–Crippen LogP) is 1.88. The first-order chi connectivity index (χ1) is 7.52. The van der Waals surface area contributed by atoms with E-state index in [1.165, 1.54) is 0 Å². The lowest BCUT2D eigenvalue weighted by Crippen LogP contribution is -2.41. The molecule has 2 amide bonds. The van der Waals surface area contributed by atoms with E-state index >= 15 is 0 Å². The maximum atomic E-state index is 11.4. The van der Waals surface area contributed by atoms with Crippen molar-refractivity contribution in [2.45, 2.75) is 46.5 Å². The van der Waals surface area contributed by atoms with Gasteiger partial charge in [-0.3, -0.25) is 0 Å². The van der Waals surface area contributed by atoms with Crippen LogP contribution >= 0.6 is 0 Å². The van der Waals surface area contributed by atoms with Gasteiger partial charge in [-0.1, -0.05) is 27.2 Å². The molecule has 0 bridgehead atoms. The van der Waals surface area contributed by atoms with Gasteiger partial charge in [0.05, 0.1) is 0 Å². The van der Waals surface area contributed by atoms with Gasteiger partial charge >= 0.3 is 6.03 Å². The maximum Gasteiger partial charge on any atom is 0.314 e. The van der Waals surface area contributed by atoms with Crippen molar-refractivity contribution >= 4 is 6.03 Å². The summed E-state index contributed by atoms with van der Waals surface area (Å²) < 4.78 is 0. The molecule has 0 aromatic heterocycles. The topological polar surface area (TPSA) is 61.4 Å². The highest BCUT2D eigenvalue weighted by Crippen LogP contribution is 2.20. The third-order valence-electron chi connectivity index (χ3n) is 2.56. The zero-order chi connectivity index (χ0) is 12.4. The normalized spacial score (nSPS) is 11.2. The molecule has 0 unspecified atom stereocenters. The second kappa shape index (κ2) is 8.39. The molecule has 3 N–H and O–H groups in total. The van der Waals surface area contributed by atoms with E-state index in [0.29, 0.717) is 6.54 Å². The van der Waals surface area contributed by atoms with Crippen molar-refractivity contribution in [1.29, 1.82) is 0 Å². The smallest absolute Gasteiger partial charge is 0.314 e. The Morgan fingerprint density at radius 2 is 1.94 bits per heavy atom. The summed E-state index contributed by atoms with van der Waals surface area (Å²) in [6, 6.07) is -0.0921. The summed E-state index contributed by atoms with van der Waals surface area (Å²) in [5, 5.41) is 14.4. The van der Waals surface area contributed by atoms with E-state index in [1.807, 2.05) is 0 Å². The molecule has 0 aromatic rings. The number of rotatable bonds is 8. The fraction of sp³-hybridized carbons (Fsp3) is 0.917. The van der Waals surface area contributed by atoms with E-state index < -0.39 is 0 Å². The van der Waals surface area contributed by atoms with Gasteiger partial charge in [-0.2, -0.15) is 0 Å². The van der Waals surface area contributed by atoms with E-state index in [0.717, 1.165) is 32.2 Å². The van der Waals surface area contributed by atoms with Gasteiger partial charge in [0, 0.05) is 19.7 Å². The van der Waals surface area contributed by atoms with Gasteiger partial charge in [0.2, 0.25) is 0 Å². The molecular weight excluding hydrogens is 204 g/mol. The number of hydrogen-bond donors (Lipinski definition) is 3. The van der Waals surface area contributed by atoms with Crippen molar-refractivity contribution < 1.29 is 9.90 Å². The molecule has 16 heavy (non-hydrogen) atoms. The first kappa shape index (κ1) is 15.2. The number of amides is 2. The van der Waals surface area contributed by atoms with Gasteiger partial charge < -0.3 is 15.7 Å². The fourth-order valence-electron chi connectivity index (χ4n) is 1.41. The summed E-state index contributed by atoms with van der Waals surface area (Å²) in [7, 11) is 0. The summed E-state index contributed by atoms with van der Waals surface area (Å²) in [5.41, 5.74) is 0.0465. The number of unbranched alkanes of at least 4 members (excludes halogenated alkanes) is 1. The molecule has 4 heteroatoms. The Morgan fingerprint density at radius 3 is 2.50 bits per heavy atom. The molecule has 0 rings (SSSR count). The third-order valence-corrected chi connectivity index (χ3v) is 2.56. The Kier molecular flexibility index (Phi) is 7.99. The summed E-state index contributed by atoms with van der Waals surface area (Å²) in [6.45, 7) is 7.87. The van der Waals surface area contributed by atoms with E-state index in [-0.39, 0.29) is 18.1 Å². The van der Waals surface area contributed by atoms with Crippen LogP contribution in [0.1, 0.15) is 46.5 Å². The van der Waals surface area contributed by atoms with Crippen LogP contribution in [-0.2, 0) is 0 Å². The fourth-order valence-corrected chi connectivity index (χ4v) is 1.41. The zero-order valence-electron chi connectivity index (χ0n) is 10.8. The first-order valence-corrected chi connectivity index (χ1v) is 6.14. The Bertz CT molecular complexity index is 193. The van der Waals surface area contributed by atoms with Crippen LogP contribution in [0.4, 0.5) is 4.79 Å². The van der Waals surface area contributed by atoms with E-state index in [1.54, 1.807) is 0 Å². The SMILES string of the molecule is CCCCNC(=O)NCC(C)(C)CCCO. The van der Waals surface area contributed by atoms with Crippen molar-refractivity contribution in [3.8, 4) is 0 Å². The maximum absolute atomic E-state index is 11.4. The minimum absolute atomic E-state index is 0.0465. The van der Waals surface area contributed by atoms with Gasteiger partial charge in [0.15, 0.2) is 0 Å². The van der Waals surface area contributed by atoms with Crippen LogP contribution in [0.25, 0.3) is 0 Å². The number of aliphatic hydroxyl groups is 1. The van der Waals surface area contributed by atoms with Crippen LogP contribution in [-0.4, -0.2) is 30.8 Å². The Hall–Kier alpha value is -0.770. The predicted molar refractivity (Wildman–Crippen MR) is 66.4 cm³/mol. The molecule has 0 atom stereocenters. The van der Waals surface area contributed by atoms with Crippen molar-refractivity contribution in [3.63, 3.8) is 0 Å². The van der Waals surface area contributed by atoms with Crippen LogP contribution in [0.15, 0.2) is 0 Å². The number of carbonyl (C=O) groups excluding carboxylic acids is 1. The second-order valence-electron chi connectivity index (χ2n) is 4.95. The molecule has 96 valence electrons. The van der Waals surface area contributed by atoms with Crippen molar-refractivity contribution in [1.82, 2.24) is 10.6 Å². The minimum atomic E-state index is -0.0921. The van der Waals surface area contributed by atoms with E-state index in [2.05, 4.69) is 31.4 Å². The minimum Gasteiger partial charge on any atom is -0.396 e. The van der Waals surface area contributed by atoms with Gasteiger partial charge in [0.1, 0.15) is 0 Å². The molecule has 0 aliphatic rings. The summed E-state index contributed by atoms with van der Waals surface area (Å²) >= 11 is 0. The van der Waals surface area contributed by atoms with E-state index in [4.69, 9.17) is 5.11 Å². The molecule has 4 nitrogen and oxygen atoms in total. The lowest BCUT2D eigenvalue weighted by molar-refractivity contribution is 0.221. The number of nitrogens with one attached hydrogen (secondary N) is 2. The second-order valence-corrected chi connectivity index (χ2v) is 4.95. The summed E-state index contributed by atoms with van der Waals surface area (Å²) in [4.78, 5) is 11.4. The highest BCUT2D eigenvalue weighted by molar-refractivity contribution is 5.73. The molecule has 0 aliphatic carbocycles. The van der Waals surface area contributed by atoms with Crippen molar-refractivity contribution in [3.05, 3.63) is 0 Å². The molecule has 0 aromatic carbocycles. The van der Waals surface area contributed by atoms with Crippen molar-refractivity contribution in [2.75, 3.05) is 19.7 Å². The molecule has 0 radical (unpaired) electrons. The summed E-state index contributed by atoms with van der Waals surface area (Å²) in [6.07, 6.45) is 3.80. The van der Waals surface area contributed by atoms with Gasteiger partial charge in [-0.25, -0.2) is 4.79 Å². The lowest BCUT2D eigenvalue weighted by atomic mass is 9.88. The average Bonchev–Trinajstić information content (AvgIpc) is 2.24. The number of urea groups is 1. The average molecular weight is 230 g/mol. The zero-order valence-corrected chi connectivity index (χ0v) is 10.8. The molecule has 0 saturated heterocycles. The Balaban J connectivity index is 3.64. The standard InChI is InChI=1S/C12H26N2O2/c1-4-5-8-13-11(16)14-10-12(2,3)7-6-9-15/h15H,4-10H2,1-3H3,(H2,13,14,16). The third kappa shape index (κ3) is 8.53. The highest BCUT2D eigenvalue weighted by Gasteiger charge is 2.17. The van der Waals surface area contributed by atoms with Crippen LogP contribution in [0.3, 0.4) is 0 Å². The summed E-state index contributed by atoms with van der Waals surface area (Å²) in [5.74, 6) is 0. The van der Waals surface area contributed by atoms with Gasteiger partial charge in [-0.15, -0.1) is 0 Å². The van der Waals surface area contributed by atoms with Crippen LogP contribution in [0.5, 0.6) is 0 Å². The Morgan fingerprint density at radius 1 is 1.25 bits per heavy atom. The number of carbonyl (C=O) groups is 1. The molecule has 0 aliphatic heterocycles. The monoisotopic (exact) mass is 230 g/mol. The van der Waals surface area contributed by atoms with Crippen LogP contribution in [0.2, 0.25) is 0 Å². The first-order valence-electron chi connectivity index (χ1n) is 6.14. The highest BCUT2D eigenvalue weighted by atomic mass is 16.2. The molecule has 0 spiro atoms. The van der Waals surface area contributed by atoms with Crippen molar-refractivity contribution in [2.24, 2.45) is 5.41 Å². The Labute approximate surface area is 98.8 Å². The molecule has 0 fully saturated rings. The number of hydrogen-bond acceptors (Lipinski definition) is 2. The quantitative estimate of drug-likeness (QED) is 0.558. The van der Waals surface area contributed by atoms with E-state index in [9.17, 15) is 4.79 Å². The largest absolute Gasteiger partial charge is 0.396 e. The molecule has 0 heterocycles. The van der Waals surface area contributed by atoms with Crippen LogP contribution in [0, 0.1) is 5.41 Å². The van der Waals surface area contributed by atoms with Gasteiger partial charge in [0.25, 0.3) is 0 Å².